The number of carbonyl (C=O) groups excluding carboxylic acids is 1. The number of halogens is 1. The number of hydrogen-bond acceptors (Lipinski definition) is 3. The van der Waals surface area contributed by atoms with Crippen molar-refractivity contribution in [2.45, 2.75) is 60.0 Å². The van der Waals surface area contributed by atoms with E-state index in [1.54, 1.807) is 0 Å². The van der Waals surface area contributed by atoms with Crippen LogP contribution in [0.5, 0.6) is 0 Å². The first kappa shape index (κ1) is 20.0. The Morgan fingerprint density at radius 2 is 2.04 bits per heavy atom. The van der Waals surface area contributed by atoms with E-state index < -0.39 is 0 Å². The monoisotopic (exact) mass is 342 g/mol. The Balaban J connectivity index is 0.00000264. The molecule has 1 aliphatic heterocycles. The molecular weight excluding hydrogens is 312 g/mol. The third-order valence-electron chi connectivity index (χ3n) is 4.71. The van der Waals surface area contributed by atoms with Gasteiger partial charge in [0.05, 0.1) is 12.1 Å². The zero-order valence-corrected chi connectivity index (χ0v) is 15.8. The first-order valence-corrected chi connectivity index (χ1v) is 8.35. The number of rotatable bonds is 5. The normalized spacial score (nSPS) is 20.9. The molecule has 0 radical (unpaired) electrons. The maximum atomic E-state index is 12.7. The fourth-order valence-corrected chi connectivity index (χ4v) is 3.43. The van der Waals surface area contributed by atoms with E-state index in [-0.39, 0.29) is 18.3 Å². The number of aromatic nitrogens is 2. The minimum Gasteiger partial charge on any atom is -0.339 e. The van der Waals surface area contributed by atoms with Gasteiger partial charge in [0, 0.05) is 30.4 Å². The highest BCUT2D eigenvalue weighted by Gasteiger charge is 2.32. The summed E-state index contributed by atoms with van der Waals surface area (Å²) in [5, 5.41) is 4.61. The number of amides is 1. The number of nitrogens with two attached hydrogens (primary N) is 1. The smallest absolute Gasteiger partial charge is 0.227 e. The zero-order valence-electron chi connectivity index (χ0n) is 15.0. The van der Waals surface area contributed by atoms with Gasteiger partial charge in [-0.15, -0.1) is 12.4 Å². The maximum absolute atomic E-state index is 12.7. The first-order chi connectivity index (χ1) is 10.3. The van der Waals surface area contributed by atoms with Gasteiger partial charge < -0.3 is 10.6 Å². The van der Waals surface area contributed by atoms with Crippen LogP contribution in [0, 0.1) is 25.7 Å². The lowest BCUT2D eigenvalue weighted by Gasteiger charge is -2.21. The van der Waals surface area contributed by atoms with Crippen molar-refractivity contribution in [1.29, 1.82) is 0 Å². The van der Waals surface area contributed by atoms with E-state index in [0.717, 1.165) is 36.5 Å². The maximum Gasteiger partial charge on any atom is 0.227 e. The predicted octanol–water partition coefficient (Wildman–Crippen LogP) is 2.32. The average Bonchev–Trinajstić information content (AvgIpc) is 2.93. The number of carbonyl (C=O) groups is 1. The van der Waals surface area contributed by atoms with Gasteiger partial charge in [-0.05, 0) is 45.6 Å². The molecule has 1 fully saturated rings. The fourth-order valence-electron chi connectivity index (χ4n) is 3.43. The SMILES string of the molecule is Cc1nn(CC(C)C)c(C)c1CC(=O)N1CC(CN)CC1C.Cl. The van der Waals surface area contributed by atoms with Crippen LogP contribution in [0.4, 0.5) is 0 Å². The highest BCUT2D eigenvalue weighted by Crippen LogP contribution is 2.24. The van der Waals surface area contributed by atoms with E-state index in [9.17, 15) is 4.79 Å². The van der Waals surface area contributed by atoms with Gasteiger partial charge in [-0.3, -0.25) is 9.48 Å². The molecule has 0 spiro atoms. The van der Waals surface area contributed by atoms with E-state index in [1.807, 2.05) is 16.5 Å². The summed E-state index contributed by atoms with van der Waals surface area (Å²) in [5.41, 5.74) is 8.96. The Morgan fingerprint density at radius 1 is 1.39 bits per heavy atom. The second-order valence-corrected chi connectivity index (χ2v) is 7.13. The van der Waals surface area contributed by atoms with Crippen molar-refractivity contribution >= 4 is 18.3 Å². The van der Waals surface area contributed by atoms with Crippen molar-refractivity contribution in [3.8, 4) is 0 Å². The summed E-state index contributed by atoms with van der Waals surface area (Å²) >= 11 is 0. The van der Waals surface area contributed by atoms with Crippen LogP contribution in [-0.4, -0.2) is 39.7 Å². The van der Waals surface area contributed by atoms with E-state index >= 15 is 0 Å². The summed E-state index contributed by atoms with van der Waals surface area (Å²) in [6.07, 6.45) is 1.48. The molecule has 132 valence electrons. The molecule has 1 aliphatic rings. The van der Waals surface area contributed by atoms with E-state index in [4.69, 9.17) is 5.73 Å². The molecule has 23 heavy (non-hydrogen) atoms. The summed E-state index contributed by atoms with van der Waals surface area (Å²) in [4.78, 5) is 14.7. The lowest BCUT2D eigenvalue weighted by Crippen LogP contribution is -2.35. The van der Waals surface area contributed by atoms with Gasteiger partial charge >= 0.3 is 0 Å². The van der Waals surface area contributed by atoms with Crippen molar-refractivity contribution in [2.75, 3.05) is 13.1 Å². The molecule has 0 aromatic carbocycles. The lowest BCUT2D eigenvalue weighted by atomic mass is 10.1. The second-order valence-electron chi connectivity index (χ2n) is 7.13. The molecule has 5 nitrogen and oxygen atoms in total. The van der Waals surface area contributed by atoms with Gasteiger partial charge in [0.2, 0.25) is 5.91 Å². The highest BCUT2D eigenvalue weighted by atomic mass is 35.5. The van der Waals surface area contributed by atoms with Gasteiger partial charge in [-0.25, -0.2) is 0 Å². The van der Waals surface area contributed by atoms with Crippen LogP contribution in [0.1, 0.15) is 44.1 Å². The molecule has 1 amide bonds. The molecule has 1 saturated heterocycles. The van der Waals surface area contributed by atoms with Crippen molar-refractivity contribution in [3.63, 3.8) is 0 Å². The summed E-state index contributed by atoms with van der Waals surface area (Å²) in [6, 6.07) is 0.298. The molecule has 2 unspecified atom stereocenters. The van der Waals surface area contributed by atoms with Crippen LogP contribution < -0.4 is 5.73 Å². The van der Waals surface area contributed by atoms with Crippen LogP contribution in [0.2, 0.25) is 0 Å². The van der Waals surface area contributed by atoms with Crippen LogP contribution in [0.3, 0.4) is 0 Å². The summed E-state index contributed by atoms with van der Waals surface area (Å²) in [6.45, 7) is 12.9. The molecule has 0 saturated carbocycles. The number of aryl methyl sites for hydroxylation is 1. The molecule has 1 aromatic heterocycles. The molecule has 2 N–H and O–H groups in total. The van der Waals surface area contributed by atoms with Gasteiger partial charge in [0.15, 0.2) is 0 Å². The standard InChI is InChI=1S/C17H30N4O.ClH/c1-11(2)9-21-14(5)16(13(4)19-21)7-17(22)20-10-15(8-18)6-12(20)3;/h11-12,15H,6-10,18H2,1-5H3;1H. The number of nitrogens with zero attached hydrogens (tertiary/aromatic N) is 3. The lowest BCUT2D eigenvalue weighted by molar-refractivity contribution is -0.131. The Morgan fingerprint density at radius 3 is 2.57 bits per heavy atom. The zero-order chi connectivity index (χ0) is 16.4. The Bertz CT molecular complexity index is 541. The van der Waals surface area contributed by atoms with Gasteiger partial charge in [-0.2, -0.15) is 5.10 Å². The van der Waals surface area contributed by atoms with Gasteiger partial charge in [0.1, 0.15) is 0 Å². The predicted molar refractivity (Wildman–Crippen MR) is 95.8 cm³/mol. The number of hydrogen-bond donors (Lipinski definition) is 1. The number of likely N-dealkylation sites (tertiary alicyclic amines) is 1. The van der Waals surface area contributed by atoms with E-state index in [1.165, 1.54) is 0 Å². The summed E-state index contributed by atoms with van der Waals surface area (Å²) in [5.74, 6) is 1.20. The van der Waals surface area contributed by atoms with Crippen LogP contribution in [0.25, 0.3) is 0 Å². The molecule has 6 heteroatoms. The first-order valence-electron chi connectivity index (χ1n) is 8.35. The third-order valence-corrected chi connectivity index (χ3v) is 4.71. The van der Waals surface area contributed by atoms with E-state index in [2.05, 4.69) is 32.8 Å². The van der Waals surface area contributed by atoms with Crippen LogP contribution >= 0.6 is 12.4 Å². The van der Waals surface area contributed by atoms with Crippen LogP contribution in [-0.2, 0) is 17.8 Å². The summed E-state index contributed by atoms with van der Waals surface area (Å²) < 4.78 is 2.04. The molecule has 2 rings (SSSR count). The largest absolute Gasteiger partial charge is 0.339 e. The van der Waals surface area contributed by atoms with Crippen molar-refractivity contribution in [3.05, 3.63) is 17.0 Å². The molecule has 2 heterocycles. The molecule has 1 aromatic rings. The Hall–Kier alpha value is -1.07. The fraction of sp³-hybridized carbons (Fsp3) is 0.765. The average molecular weight is 343 g/mol. The van der Waals surface area contributed by atoms with E-state index in [0.29, 0.717) is 30.8 Å². The highest BCUT2D eigenvalue weighted by molar-refractivity contribution is 5.85. The third kappa shape index (κ3) is 4.48. The minimum absolute atomic E-state index is 0. The second kappa shape index (κ2) is 8.15. The molecular formula is C17H31ClN4O. The van der Waals surface area contributed by atoms with Crippen molar-refractivity contribution in [1.82, 2.24) is 14.7 Å². The molecule has 0 bridgehead atoms. The van der Waals surface area contributed by atoms with Crippen molar-refractivity contribution in [2.24, 2.45) is 17.6 Å². The Kier molecular flexibility index (Phi) is 7.08. The minimum atomic E-state index is 0. The van der Waals surface area contributed by atoms with Gasteiger partial charge in [0.25, 0.3) is 0 Å². The Labute approximate surface area is 146 Å². The quantitative estimate of drug-likeness (QED) is 0.893. The molecule has 2 atom stereocenters. The summed E-state index contributed by atoms with van der Waals surface area (Å²) in [7, 11) is 0. The van der Waals surface area contributed by atoms with Crippen molar-refractivity contribution < 1.29 is 4.79 Å². The molecule has 0 aliphatic carbocycles. The van der Waals surface area contributed by atoms with Gasteiger partial charge in [-0.1, -0.05) is 13.8 Å². The van der Waals surface area contributed by atoms with Crippen LogP contribution in [0.15, 0.2) is 0 Å². The topological polar surface area (TPSA) is 64.2 Å².